The molecule has 94 valence electrons. The molecule has 0 aliphatic carbocycles. The van der Waals surface area contributed by atoms with E-state index in [-0.39, 0.29) is 0 Å². The minimum Gasteiger partial charge on any atom is -0.478 e. The molecule has 18 heavy (non-hydrogen) atoms. The van der Waals surface area contributed by atoms with Crippen molar-refractivity contribution < 1.29 is 9.90 Å². The number of nitrogens with zero attached hydrogens (tertiary/aromatic N) is 1. The first-order chi connectivity index (χ1) is 8.47. The van der Waals surface area contributed by atoms with Crippen LogP contribution >= 0.6 is 39.0 Å². The number of rotatable bonds is 3. The van der Waals surface area contributed by atoms with Gasteiger partial charge in [-0.05, 0) is 32.0 Å². The quantitative estimate of drug-likeness (QED) is 0.898. The fourth-order valence-electron chi connectivity index (χ4n) is 1.34. The van der Waals surface area contributed by atoms with Crippen molar-refractivity contribution in [1.82, 2.24) is 4.98 Å². The number of carbonyl (C=O) groups is 1. The van der Waals surface area contributed by atoms with Crippen LogP contribution < -0.4 is 0 Å². The third-order valence-electron chi connectivity index (χ3n) is 2.38. The van der Waals surface area contributed by atoms with Crippen LogP contribution in [-0.2, 0) is 0 Å². The molecule has 0 amide bonds. The molecule has 3 nitrogen and oxygen atoms in total. The van der Waals surface area contributed by atoms with E-state index in [2.05, 4.69) is 20.9 Å². The third-order valence-corrected chi connectivity index (χ3v) is 5.06. The summed E-state index contributed by atoms with van der Waals surface area (Å²) in [4.78, 5) is 17.4. The summed E-state index contributed by atoms with van der Waals surface area (Å²) in [7, 11) is 0. The Kier molecular flexibility index (Phi) is 4.09. The highest BCUT2D eigenvalue weighted by Gasteiger charge is 2.14. The molecule has 0 unspecified atom stereocenters. The van der Waals surface area contributed by atoms with Gasteiger partial charge in [0.25, 0.3) is 0 Å². The van der Waals surface area contributed by atoms with Gasteiger partial charge in [0.2, 0.25) is 0 Å². The molecular formula is C12H10BrNO2S2. The van der Waals surface area contributed by atoms with Gasteiger partial charge < -0.3 is 5.11 Å². The Morgan fingerprint density at radius 1 is 1.44 bits per heavy atom. The summed E-state index contributed by atoms with van der Waals surface area (Å²) < 4.78 is 1.73. The number of hydrogen-bond donors (Lipinski definition) is 1. The van der Waals surface area contributed by atoms with E-state index in [0.29, 0.717) is 10.5 Å². The topological polar surface area (TPSA) is 50.2 Å². The largest absolute Gasteiger partial charge is 0.478 e. The number of halogens is 1. The summed E-state index contributed by atoms with van der Waals surface area (Å²) >= 11 is 6.32. The highest BCUT2D eigenvalue weighted by Crippen LogP contribution is 2.35. The highest BCUT2D eigenvalue weighted by atomic mass is 79.9. The maximum Gasteiger partial charge on any atom is 0.336 e. The number of thiazole rings is 1. The summed E-state index contributed by atoms with van der Waals surface area (Å²) in [5.74, 6) is -0.921. The van der Waals surface area contributed by atoms with Crippen molar-refractivity contribution in [3.8, 4) is 0 Å². The lowest BCUT2D eigenvalue weighted by Gasteiger charge is -2.04. The van der Waals surface area contributed by atoms with Crippen LogP contribution in [0.25, 0.3) is 0 Å². The van der Waals surface area contributed by atoms with Crippen LogP contribution in [0.1, 0.15) is 20.9 Å². The first-order valence-electron chi connectivity index (χ1n) is 5.12. The molecule has 0 saturated carbocycles. The minimum absolute atomic E-state index is 0.300. The first kappa shape index (κ1) is 13.6. The van der Waals surface area contributed by atoms with E-state index in [1.807, 2.05) is 13.8 Å². The summed E-state index contributed by atoms with van der Waals surface area (Å²) in [5, 5.41) is 9.15. The first-order valence-corrected chi connectivity index (χ1v) is 7.54. The number of aromatic nitrogens is 1. The molecule has 0 saturated heterocycles. The molecule has 0 aliphatic heterocycles. The lowest BCUT2D eigenvalue weighted by Crippen LogP contribution is -1.98. The Balaban J connectivity index is 2.38. The number of aryl methyl sites for hydroxylation is 2. The van der Waals surface area contributed by atoms with Crippen molar-refractivity contribution in [2.75, 3.05) is 0 Å². The van der Waals surface area contributed by atoms with Crippen LogP contribution in [-0.4, -0.2) is 16.1 Å². The average molecular weight is 344 g/mol. The molecule has 1 N–H and O–H groups in total. The Bertz CT molecular complexity index is 591. The van der Waals surface area contributed by atoms with Gasteiger partial charge in [-0.15, -0.1) is 11.3 Å². The number of carboxylic acids is 1. The van der Waals surface area contributed by atoms with Gasteiger partial charge in [0, 0.05) is 14.2 Å². The van der Waals surface area contributed by atoms with Gasteiger partial charge in [-0.3, -0.25) is 0 Å². The van der Waals surface area contributed by atoms with Crippen LogP contribution in [0.4, 0.5) is 0 Å². The fourth-order valence-corrected chi connectivity index (χ4v) is 4.12. The van der Waals surface area contributed by atoms with Crippen LogP contribution in [0.15, 0.2) is 31.9 Å². The van der Waals surface area contributed by atoms with Crippen LogP contribution in [0.3, 0.4) is 0 Å². The molecule has 0 atom stereocenters. The SMILES string of the molecule is Cc1nc(Sc2cc(Br)ccc2C(=O)O)sc1C. The predicted octanol–water partition coefficient (Wildman–Crippen LogP) is 4.37. The van der Waals surface area contributed by atoms with E-state index in [0.717, 1.165) is 19.4 Å². The van der Waals surface area contributed by atoms with E-state index in [1.54, 1.807) is 29.5 Å². The average Bonchev–Trinajstić information content (AvgIpc) is 2.57. The molecule has 0 radical (unpaired) electrons. The second kappa shape index (κ2) is 5.42. The van der Waals surface area contributed by atoms with Gasteiger partial charge in [-0.1, -0.05) is 27.7 Å². The molecule has 6 heteroatoms. The zero-order valence-electron chi connectivity index (χ0n) is 9.73. The van der Waals surface area contributed by atoms with E-state index in [9.17, 15) is 4.79 Å². The summed E-state index contributed by atoms with van der Waals surface area (Å²) in [6, 6.07) is 5.13. The maximum atomic E-state index is 11.1. The van der Waals surface area contributed by atoms with Gasteiger partial charge in [0.15, 0.2) is 4.34 Å². The maximum absolute atomic E-state index is 11.1. The number of hydrogen-bond acceptors (Lipinski definition) is 4. The lowest BCUT2D eigenvalue weighted by atomic mass is 10.2. The summed E-state index contributed by atoms with van der Waals surface area (Å²) in [6.45, 7) is 3.96. The van der Waals surface area contributed by atoms with Crippen molar-refractivity contribution in [2.45, 2.75) is 23.1 Å². The third kappa shape index (κ3) is 2.93. The Hall–Kier alpha value is -0.850. The molecule has 1 aromatic carbocycles. The van der Waals surface area contributed by atoms with E-state index in [1.165, 1.54) is 11.8 Å². The normalized spacial score (nSPS) is 10.6. The number of benzene rings is 1. The zero-order chi connectivity index (χ0) is 13.3. The molecule has 1 aromatic heterocycles. The minimum atomic E-state index is -0.921. The van der Waals surface area contributed by atoms with Crippen LogP contribution in [0.2, 0.25) is 0 Å². The van der Waals surface area contributed by atoms with Crippen molar-refractivity contribution in [1.29, 1.82) is 0 Å². The standard InChI is InChI=1S/C12H10BrNO2S2/c1-6-7(2)17-12(14-6)18-10-5-8(13)3-4-9(10)11(15)16/h3-5H,1-2H3,(H,15,16). The zero-order valence-corrected chi connectivity index (χ0v) is 12.9. The van der Waals surface area contributed by atoms with E-state index in [4.69, 9.17) is 5.11 Å². The van der Waals surface area contributed by atoms with Gasteiger partial charge in [0.05, 0.1) is 11.3 Å². The molecule has 2 rings (SSSR count). The Labute approximate surface area is 121 Å². The van der Waals surface area contributed by atoms with Crippen molar-refractivity contribution in [3.63, 3.8) is 0 Å². The second-order valence-corrected chi connectivity index (χ2v) is 7.08. The fraction of sp³-hybridized carbons (Fsp3) is 0.167. The smallest absolute Gasteiger partial charge is 0.336 e. The van der Waals surface area contributed by atoms with Gasteiger partial charge in [-0.2, -0.15) is 0 Å². The highest BCUT2D eigenvalue weighted by molar-refractivity contribution is 9.10. The van der Waals surface area contributed by atoms with Crippen LogP contribution in [0.5, 0.6) is 0 Å². The van der Waals surface area contributed by atoms with Crippen molar-refractivity contribution >= 4 is 45.0 Å². The molecule has 1 heterocycles. The number of aromatic carboxylic acids is 1. The molecule has 2 aromatic rings. The lowest BCUT2D eigenvalue weighted by molar-refractivity contribution is 0.0693. The van der Waals surface area contributed by atoms with Gasteiger partial charge in [0.1, 0.15) is 0 Å². The van der Waals surface area contributed by atoms with E-state index >= 15 is 0 Å². The second-order valence-electron chi connectivity index (χ2n) is 3.67. The molecule has 0 bridgehead atoms. The summed E-state index contributed by atoms with van der Waals surface area (Å²) in [5.41, 5.74) is 1.29. The van der Waals surface area contributed by atoms with Gasteiger partial charge >= 0.3 is 5.97 Å². The van der Waals surface area contributed by atoms with Crippen molar-refractivity contribution in [3.05, 3.63) is 38.8 Å². The molecule has 0 aliphatic rings. The predicted molar refractivity (Wildman–Crippen MR) is 76.8 cm³/mol. The van der Waals surface area contributed by atoms with Crippen LogP contribution in [0, 0.1) is 13.8 Å². The van der Waals surface area contributed by atoms with Gasteiger partial charge in [-0.25, -0.2) is 9.78 Å². The summed E-state index contributed by atoms with van der Waals surface area (Å²) in [6.07, 6.45) is 0. The monoisotopic (exact) mass is 343 g/mol. The van der Waals surface area contributed by atoms with E-state index < -0.39 is 5.97 Å². The Morgan fingerprint density at radius 3 is 2.72 bits per heavy atom. The van der Waals surface area contributed by atoms with Crippen molar-refractivity contribution in [2.24, 2.45) is 0 Å². The molecular weight excluding hydrogens is 334 g/mol. The molecule has 0 spiro atoms. The number of carboxylic acid groups (broad SMARTS) is 1. The Morgan fingerprint density at radius 2 is 2.17 bits per heavy atom. The molecule has 0 fully saturated rings.